The van der Waals surface area contributed by atoms with Crippen molar-refractivity contribution in [2.75, 3.05) is 47.6 Å². The molecule has 1 fully saturated rings. The third kappa shape index (κ3) is 4.69. The molecule has 144 valence electrons. The Morgan fingerprint density at radius 1 is 0.964 bits per heavy atom. The van der Waals surface area contributed by atoms with E-state index in [1.54, 1.807) is 6.33 Å². The lowest BCUT2D eigenvalue weighted by atomic mass is 10.2. The van der Waals surface area contributed by atoms with Crippen LogP contribution in [0.25, 0.3) is 0 Å². The fourth-order valence-corrected chi connectivity index (χ4v) is 3.14. The lowest BCUT2D eigenvalue weighted by Gasteiger charge is -2.28. The standard InChI is InChI=1S/C21H24N6O/c22-17-3-1-2-16(12-17)14-23-20-13-21(25-15-24-20)26-18-4-6-19(7-5-18)27-8-10-28-11-9-27/h1-7,12-13,15H,8-11,14,22H2,(H2,23,24,25,26). The molecule has 7 nitrogen and oxygen atoms in total. The van der Waals surface area contributed by atoms with Gasteiger partial charge in [-0.25, -0.2) is 9.97 Å². The van der Waals surface area contributed by atoms with Gasteiger partial charge in [-0.15, -0.1) is 0 Å². The predicted molar refractivity (Wildman–Crippen MR) is 113 cm³/mol. The minimum atomic E-state index is 0.649. The van der Waals surface area contributed by atoms with E-state index < -0.39 is 0 Å². The van der Waals surface area contributed by atoms with Gasteiger partial charge < -0.3 is 26.0 Å². The number of nitrogens with one attached hydrogen (secondary N) is 2. The second kappa shape index (κ2) is 8.58. The van der Waals surface area contributed by atoms with Gasteiger partial charge >= 0.3 is 0 Å². The van der Waals surface area contributed by atoms with E-state index in [-0.39, 0.29) is 0 Å². The van der Waals surface area contributed by atoms with Crippen molar-refractivity contribution in [3.05, 3.63) is 66.5 Å². The minimum absolute atomic E-state index is 0.649. The SMILES string of the molecule is Nc1cccc(CNc2cc(Nc3ccc(N4CCOCC4)cc3)ncn2)c1. The fraction of sp³-hybridized carbons (Fsp3) is 0.238. The number of hydrogen-bond donors (Lipinski definition) is 3. The molecule has 1 aliphatic heterocycles. The molecule has 0 aliphatic carbocycles. The summed E-state index contributed by atoms with van der Waals surface area (Å²) in [6, 6.07) is 18.0. The Bertz CT molecular complexity index is 909. The highest BCUT2D eigenvalue weighted by molar-refractivity contribution is 5.62. The third-order valence-corrected chi connectivity index (χ3v) is 4.61. The maximum absolute atomic E-state index is 5.82. The average Bonchev–Trinajstić information content (AvgIpc) is 2.74. The summed E-state index contributed by atoms with van der Waals surface area (Å²) in [5.74, 6) is 1.49. The highest BCUT2D eigenvalue weighted by Gasteiger charge is 2.10. The molecule has 2 aromatic carbocycles. The van der Waals surface area contributed by atoms with Crippen LogP contribution in [0.1, 0.15) is 5.56 Å². The van der Waals surface area contributed by atoms with Gasteiger partial charge in [0.1, 0.15) is 18.0 Å². The summed E-state index contributed by atoms with van der Waals surface area (Å²) >= 11 is 0. The van der Waals surface area contributed by atoms with E-state index in [1.807, 2.05) is 30.3 Å². The molecule has 0 unspecified atom stereocenters. The number of nitrogens with zero attached hydrogens (tertiary/aromatic N) is 3. The molecule has 0 saturated carbocycles. The normalized spacial score (nSPS) is 13.9. The van der Waals surface area contributed by atoms with E-state index in [0.717, 1.165) is 54.9 Å². The third-order valence-electron chi connectivity index (χ3n) is 4.61. The Kier molecular flexibility index (Phi) is 5.53. The Labute approximate surface area is 164 Å². The van der Waals surface area contributed by atoms with Crippen molar-refractivity contribution in [3.63, 3.8) is 0 Å². The summed E-state index contributed by atoms with van der Waals surface area (Å²) in [6.07, 6.45) is 1.55. The number of morpholine rings is 1. The highest BCUT2D eigenvalue weighted by Crippen LogP contribution is 2.22. The first-order valence-electron chi connectivity index (χ1n) is 9.36. The molecule has 0 amide bonds. The molecule has 2 heterocycles. The quantitative estimate of drug-likeness (QED) is 0.569. The van der Waals surface area contributed by atoms with E-state index in [0.29, 0.717) is 6.54 Å². The molecule has 4 N–H and O–H groups in total. The molecule has 28 heavy (non-hydrogen) atoms. The highest BCUT2D eigenvalue weighted by atomic mass is 16.5. The van der Waals surface area contributed by atoms with Crippen molar-refractivity contribution >= 4 is 28.7 Å². The Morgan fingerprint density at radius 2 is 1.75 bits per heavy atom. The zero-order valence-electron chi connectivity index (χ0n) is 15.6. The van der Waals surface area contributed by atoms with E-state index in [2.05, 4.69) is 49.8 Å². The maximum atomic E-state index is 5.82. The second-order valence-corrected chi connectivity index (χ2v) is 6.66. The lowest BCUT2D eigenvalue weighted by molar-refractivity contribution is 0.122. The van der Waals surface area contributed by atoms with Crippen LogP contribution in [0.15, 0.2) is 60.9 Å². The summed E-state index contributed by atoms with van der Waals surface area (Å²) in [4.78, 5) is 10.9. The van der Waals surface area contributed by atoms with Crippen LogP contribution in [0.5, 0.6) is 0 Å². The number of benzene rings is 2. The largest absolute Gasteiger partial charge is 0.399 e. The topological polar surface area (TPSA) is 88.3 Å². The van der Waals surface area contributed by atoms with Crippen molar-refractivity contribution in [2.24, 2.45) is 0 Å². The van der Waals surface area contributed by atoms with Crippen LogP contribution in [0.4, 0.5) is 28.7 Å². The van der Waals surface area contributed by atoms with E-state index >= 15 is 0 Å². The number of nitrogen functional groups attached to an aromatic ring is 1. The first-order chi connectivity index (χ1) is 13.8. The fourth-order valence-electron chi connectivity index (χ4n) is 3.14. The molecule has 1 aliphatic rings. The first-order valence-corrected chi connectivity index (χ1v) is 9.36. The van der Waals surface area contributed by atoms with E-state index in [9.17, 15) is 0 Å². The molecule has 4 rings (SSSR count). The van der Waals surface area contributed by atoms with Crippen LogP contribution in [-0.4, -0.2) is 36.3 Å². The number of anilines is 5. The van der Waals surface area contributed by atoms with Crippen molar-refractivity contribution in [1.29, 1.82) is 0 Å². The zero-order chi connectivity index (χ0) is 19.2. The van der Waals surface area contributed by atoms with Crippen LogP contribution in [-0.2, 0) is 11.3 Å². The van der Waals surface area contributed by atoms with Gasteiger partial charge in [-0.3, -0.25) is 0 Å². The summed E-state index contributed by atoms with van der Waals surface area (Å²) < 4.78 is 5.41. The molecule has 1 saturated heterocycles. The number of rotatable bonds is 6. The second-order valence-electron chi connectivity index (χ2n) is 6.66. The van der Waals surface area contributed by atoms with E-state index in [4.69, 9.17) is 10.5 Å². The van der Waals surface area contributed by atoms with Gasteiger partial charge in [-0.05, 0) is 42.0 Å². The maximum Gasteiger partial charge on any atom is 0.135 e. The zero-order valence-corrected chi connectivity index (χ0v) is 15.6. The summed E-state index contributed by atoms with van der Waals surface area (Å²) in [5, 5.41) is 6.63. The van der Waals surface area contributed by atoms with Crippen LogP contribution in [0, 0.1) is 0 Å². The molecular weight excluding hydrogens is 352 g/mol. The summed E-state index contributed by atoms with van der Waals surface area (Å²) in [7, 11) is 0. The molecule has 1 aromatic heterocycles. The van der Waals surface area contributed by atoms with Gasteiger partial charge in [0.15, 0.2) is 0 Å². The predicted octanol–water partition coefficient (Wildman–Crippen LogP) is 3.25. The Morgan fingerprint density at radius 3 is 2.54 bits per heavy atom. The summed E-state index contributed by atoms with van der Waals surface area (Å²) in [6.45, 7) is 4.08. The average molecular weight is 376 g/mol. The number of nitrogens with two attached hydrogens (primary N) is 1. The van der Waals surface area contributed by atoms with Crippen LogP contribution in [0.3, 0.4) is 0 Å². The van der Waals surface area contributed by atoms with Crippen molar-refractivity contribution in [1.82, 2.24) is 9.97 Å². The van der Waals surface area contributed by atoms with Crippen LogP contribution < -0.4 is 21.3 Å². The van der Waals surface area contributed by atoms with Gasteiger partial charge in [0.2, 0.25) is 0 Å². The Balaban J connectivity index is 1.37. The van der Waals surface area contributed by atoms with E-state index in [1.165, 1.54) is 5.69 Å². The van der Waals surface area contributed by atoms with Crippen LogP contribution in [0.2, 0.25) is 0 Å². The molecule has 3 aromatic rings. The lowest BCUT2D eigenvalue weighted by Crippen LogP contribution is -2.36. The molecule has 0 atom stereocenters. The van der Waals surface area contributed by atoms with Gasteiger partial charge in [0, 0.05) is 42.8 Å². The van der Waals surface area contributed by atoms with Crippen molar-refractivity contribution in [3.8, 4) is 0 Å². The number of aromatic nitrogens is 2. The molecule has 7 heteroatoms. The molecular formula is C21H24N6O. The monoisotopic (exact) mass is 376 g/mol. The first kappa shape index (κ1) is 18.1. The van der Waals surface area contributed by atoms with Gasteiger partial charge in [-0.1, -0.05) is 12.1 Å². The van der Waals surface area contributed by atoms with Crippen molar-refractivity contribution < 1.29 is 4.74 Å². The van der Waals surface area contributed by atoms with Gasteiger partial charge in [0.25, 0.3) is 0 Å². The smallest absolute Gasteiger partial charge is 0.135 e. The van der Waals surface area contributed by atoms with Gasteiger partial charge in [-0.2, -0.15) is 0 Å². The molecule has 0 bridgehead atoms. The van der Waals surface area contributed by atoms with Gasteiger partial charge in [0.05, 0.1) is 13.2 Å². The molecule has 0 spiro atoms. The summed E-state index contributed by atoms with van der Waals surface area (Å²) in [5.41, 5.74) is 9.87. The minimum Gasteiger partial charge on any atom is -0.399 e. The Hall–Kier alpha value is -3.32. The number of ether oxygens (including phenoxy) is 1. The van der Waals surface area contributed by atoms with Crippen molar-refractivity contribution in [2.45, 2.75) is 6.54 Å². The van der Waals surface area contributed by atoms with Crippen LogP contribution >= 0.6 is 0 Å². The molecule has 0 radical (unpaired) electrons. The number of hydrogen-bond acceptors (Lipinski definition) is 7.